The van der Waals surface area contributed by atoms with E-state index in [1.165, 1.54) is 11.1 Å². The van der Waals surface area contributed by atoms with Gasteiger partial charge in [-0.15, -0.1) is 0 Å². The minimum Gasteiger partial charge on any atom is -0.508 e. The highest BCUT2D eigenvalue weighted by Crippen LogP contribution is 2.62. The zero-order valence-electron chi connectivity index (χ0n) is 13.7. The first kappa shape index (κ1) is 16.2. The molecular formula is C19H25IO3. The van der Waals surface area contributed by atoms with Gasteiger partial charge in [0.1, 0.15) is 5.75 Å². The SMILES string of the molecule is CO[C@H]1C[C@]2(C)[C@@H](O)[C@H](I)C[C@H]2[C@@H]2CCc3cc(O)ccc3[C@H]21. The monoisotopic (exact) mass is 428 g/mol. The van der Waals surface area contributed by atoms with Crippen LogP contribution in [0, 0.1) is 17.3 Å². The molecule has 3 aliphatic rings. The van der Waals surface area contributed by atoms with E-state index in [4.69, 9.17) is 4.74 Å². The standard InChI is InChI=1S/C19H25IO3/c1-19-9-16(23-2)17-12-6-4-11(21)7-10(12)3-5-13(17)14(19)8-15(20)18(19)22/h4,6-7,13-18,21-22H,3,5,8-9H2,1-2H3/t13-,14-,15+,16-,17+,18-,19-/m0/s1. The lowest BCUT2D eigenvalue weighted by Gasteiger charge is -2.53. The number of aliphatic hydroxyl groups is 1. The maximum atomic E-state index is 10.8. The van der Waals surface area contributed by atoms with Crippen LogP contribution >= 0.6 is 22.6 Å². The van der Waals surface area contributed by atoms with Gasteiger partial charge in [-0.05, 0) is 60.8 Å². The van der Waals surface area contributed by atoms with Crippen molar-refractivity contribution < 1.29 is 14.9 Å². The number of hydrogen-bond donors (Lipinski definition) is 2. The second-order valence-corrected chi connectivity index (χ2v) is 9.50. The molecule has 2 fully saturated rings. The zero-order chi connectivity index (χ0) is 16.4. The molecule has 126 valence electrons. The summed E-state index contributed by atoms with van der Waals surface area (Å²) in [4.78, 5) is 0. The normalized spacial score (nSPS) is 45.2. The molecule has 0 amide bonds. The first-order valence-corrected chi connectivity index (χ1v) is 9.87. The molecule has 0 radical (unpaired) electrons. The fraction of sp³-hybridized carbons (Fsp3) is 0.684. The maximum absolute atomic E-state index is 10.8. The van der Waals surface area contributed by atoms with E-state index in [0.717, 1.165) is 25.7 Å². The average molecular weight is 428 g/mol. The predicted molar refractivity (Wildman–Crippen MR) is 98.1 cm³/mol. The van der Waals surface area contributed by atoms with E-state index in [0.29, 0.717) is 27.4 Å². The van der Waals surface area contributed by atoms with E-state index >= 15 is 0 Å². The van der Waals surface area contributed by atoms with Crippen molar-refractivity contribution in [2.75, 3.05) is 7.11 Å². The molecule has 2 saturated carbocycles. The van der Waals surface area contributed by atoms with Gasteiger partial charge in [0.25, 0.3) is 0 Å². The quantitative estimate of drug-likeness (QED) is 0.531. The molecule has 23 heavy (non-hydrogen) atoms. The van der Waals surface area contributed by atoms with E-state index in [-0.39, 0.29) is 17.6 Å². The molecule has 1 aromatic carbocycles. The van der Waals surface area contributed by atoms with Crippen LogP contribution in [-0.4, -0.2) is 33.5 Å². The van der Waals surface area contributed by atoms with Gasteiger partial charge in [-0.1, -0.05) is 35.6 Å². The smallest absolute Gasteiger partial charge is 0.115 e. The summed E-state index contributed by atoms with van der Waals surface area (Å²) in [7, 11) is 1.81. The molecule has 0 aliphatic heterocycles. The fourth-order valence-electron chi connectivity index (χ4n) is 5.79. The number of alkyl halides is 1. The third kappa shape index (κ3) is 2.28. The minimum absolute atomic E-state index is 0.0257. The van der Waals surface area contributed by atoms with E-state index in [1.807, 2.05) is 19.2 Å². The van der Waals surface area contributed by atoms with Crippen LogP contribution in [0.1, 0.15) is 43.2 Å². The summed E-state index contributed by atoms with van der Waals surface area (Å²) >= 11 is 2.44. The van der Waals surface area contributed by atoms with Crippen LogP contribution in [-0.2, 0) is 11.2 Å². The van der Waals surface area contributed by atoms with Crippen molar-refractivity contribution in [3.63, 3.8) is 0 Å². The summed E-state index contributed by atoms with van der Waals surface area (Å²) in [5.74, 6) is 1.90. The number of aromatic hydroxyl groups is 1. The number of phenols is 1. The van der Waals surface area contributed by atoms with Crippen molar-refractivity contribution in [3.8, 4) is 5.75 Å². The number of halogens is 1. The Balaban J connectivity index is 1.78. The number of fused-ring (bicyclic) bond motifs is 5. The summed E-state index contributed by atoms with van der Waals surface area (Å²) in [5.41, 5.74) is 2.61. The van der Waals surface area contributed by atoms with Crippen LogP contribution in [0.4, 0.5) is 0 Å². The van der Waals surface area contributed by atoms with Crippen molar-refractivity contribution in [1.82, 2.24) is 0 Å². The van der Waals surface area contributed by atoms with Gasteiger partial charge in [-0.25, -0.2) is 0 Å². The molecule has 0 saturated heterocycles. The van der Waals surface area contributed by atoms with Crippen molar-refractivity contribution in [1.29, 1.82) is 0 Å². The van der Waals surface area contributed by atoms with Crippen LogP contribution < -0.4 is 0 Å². The van der Waals surface area contributed by atoms with E-state index in [2.05, 4.69) is 35.6 Å². The van der Waals surface area contributed by atoms with E-state index in [9.17, 15) is 10.2 Å². The third-order valence-electron chi connectivity index (χ3n) is 6.90. The lowest BCUT2D eigenvalue weighted by molar-refractivity contribution is -0.0922. The van der Waals surface area contributed by atoms with Gasteiger partial charge in [0, 0.05) is 22.4 Å². The largest absolute Gasteiger partial charge is 0.508 e. The lowest BCUT2D eigenvalue weighted by atomic mass is 9.54. The second-order valence-electron chi connectivity index (χ2n) is 7.90. The molecule has 0 bridgehead atoms. The summed E-state index contributed by atoms with van der Waals surface area (Å²) in [6, 6.07) is 5.84. The van der Waals surface area contributed by atoms with Crippen molar-refractivity contribution >= 4 is 22.6 Å². The topological polar surface area (TPSA) is 49.7 Å². The Bertz CT molecular complexity index is 619. The van der Waals surface area contributed by atoms with Crippen LogP contribution in [0.2, 0.25) is 0 Å². The number of phenolic OH excluding ortho intramolecular Hbond substituents is 1. The predicted octanol–water partition coefficient (Wildman–Crippen LogP) is 3.65. The number of ether oxygens (including phenoxy) is 1. The van der Waals surface area contributed by atoms with E-state index in [1.54, 1.807) is 0 Å². The molecule has 7 atom stereocenters. The van der Waals surface area contributed by atoms with Crippen molar-refractivity contribution in [2.24, 2.45) is 17.3 Å². The molecule has 1 aromatic rings. The van der Waals surface area contributed by atoms with Gasteiger partial charge < -0.3 is 14.9 Å². The average Bonchev–Trinajstić information content (AvgIpc) is 2.77. The molecule has 0 heterocycles. The number of aliphatic hydroxyl groups excluding tert-OH is 1. The Morgan fingerprint density at radius 2 is 2.13 bits per heavy atom. The molecule has 4 rings (SSSR count). The van der Waals surface area contributed by atoms with Crippen LogP contribution in [0.25, 0.3) is 0 Å². The second kappa shape index (κ2) is 5.60. The summed E-state index contributed by atoms with van der Waals surface area (Å²) in [6.07, 6.45) is 4.13. The number of aryl methyl sites for hydroxylation is 1. The minimum atomic E-state index is -0.229. The number of methoxy groups -OCH3 is 1. The molecule has 3 aliphatic carbocycles. The summed E-state index contributed by atoms with van der Waals surface area (Å²) in [6.45, 7) is 2.27. The first-order chi connectivity index (χ1) is 11.0. The molecule has 4 heteroatoms. The Morgan fingerprint density at radius 3 is 2.87 bits per heavy atom. The van der Waals surface area contributed by atoms with Gasteiger partial charge in [-0.2, -0.15) is 0 Å². The van der Waals surface area contributed by atoms with Crippen LogP contribution in [0.3, 0.4) is 0 Å². The van der Waals surface area contributed by atoms with Gasteiger partial charge in [0.15, 0.2) is 0 Å². The number of benzene rings is 1. The molecular weight excluding hydrogens is 403 g/mol. The van der Waals surface area contributed by atoms with Gasteiger partial charge in [-0.3, -0.25) is 0 Å². The molecule has 0 unspecified atom stereocenters. The van der Waals surface area contributed by atoms with Gasteiger partial charge in [0.05, 0.1) is 12.2 Å². The van der Waals surface area contributed by atoms with Crippen LogP contribution in [0.5, 0.6) is 5.75 Å². The first-order valence-electron chi connectivity index (χ1n) is 8.62. The summed E-state index contributed by atoms with van der Waals surface area (Å²) in [5, 5.41) is 20.6. The maximum Gasteiger partial charge on any atom is 0.115 e. The Hall–Kier alpha value is -0.330. The summed E-state index contributed by atoms with van der Waals surface area (Å²) < 4.78 is 6.28. The molecule has 3 nitrogen and oxygen atoms in total. The van der Waals surface area contributed by atoms with Crippen molar-refractivity contribution in [3.05, 3.63) is 29.3 Å². The number of hydrogen-bond acceptors (Lipinski definition) is 3. The highest BCUT2D eigenvalue weighted by atomic mass is 127. The Labute approximate surface area is 151 Å². The molecule has 0 aromatic heterocycles. The molecule has 2 N–H and O–H groups in total. The zero-order valence-corrected chi connectivity index (χ0v) is 15.9. The van der Waals surface area contributed by atoms with Crippen molar-refractivity contribution in [2.45, 2.75) is 54.7 Å². The fourth-order valence-corrected chi connectivity index (χ4v) is 7.16. The molecule has 0 spiro atoms. The van der Waals surface area contributed by atoms with Gasteiger partial charge in [0.2, 0.25) is 0 Å². The highest BCUT2D eigenvalue weighted by Gasteiger charge is 2.60. The lowest BCUT2D eigenvalue weighted by Crippen LogP contribution is -2.50. The van der Waals surface area contributed by atoms with Gasteiger partial charge >= 0.3 is 0 Å². The Kier molecular flexibility index (Phi) is 3.93. The highest BCUT2D eigenvalue weighted by molar-refractivity contribution is 14.1. The third-order valence-corrected chi connectivity index (χ3v) is 8.09. The van der Waals surface area contributed by atoms with Crippen LogP contribution in [0.15, 0.2) is 18.2 Å². The number of rotatable bonds is 1. The Morgan fingerprint density at radius 1 is 1.35 bits per heavy atom. The van der Waals surface area contributed by atoms with E-state index < -0.39 is 0 Å².